The maximum Gasteiger partial charge on any atom is 0.253 e. The van der Waals surface area contributed by atoms with Gasteiger partial charge in [0.05, 0.1) is 25.4 Å². The van der Waals surface area contributed by atoms with E-state index in [0.29, 0.717) is 76.2 Å². The minimum atomic E-state index is -0.827. The van der Waals surface area contributed by atoms with Gasteiger partial charge in [-0.05, 0) is 81.2 Å². The third-order valence-corrected chi connectivity index (χ3v) is 10.2. The van der Waals surface area contributed by atoms with Crippen LogP contribution in [0.3, 0.4) is 0 Å². The molecule has 4 amide bonds. The molecule has 3 saturated heterocycles. The summed E-state index contributed by atoms with van der Waals surface area (Å²) >= 11 is 0. The molecule has 5 rings (SSSR count). The topological polar surface area (TPSA) is 129 Å². The molecule has 2 atom stereocenters. The van der Waals surface area contributed by atoms with Crippen LogP contribution in [-0.4, -0.2) is 111 Å². The standard InChI is InChI=1S/C34H50FN5O6/c35-28-7-5-25(6-8-28)33(44)39-16-11-34(12-17-39)22-31(42)36-13-9-27-23-40(29-3-1-2-4-29)15-10-26(27)21-30(41)37-14-18-45-19-20-46-24-32(43)38-34/h5-8,26-27,29H,1-4,9-24H2,(H,36,42)(H,37,41)(H,38,43)/t26-,27-/m0/s1. The zero-order valence-electron chi connectivity index (χ0n) is 26.9. The van der Waals surface area contributed by atoms with Crippen molar-refractivity contribution in [3.63, 3.8) is 0 Å². The van der Waals surface area contributed by atoms with Crippen molar-refractivity contribution in [1.82, 2.24) is 25.8 Å². The second-order valence-electron chi connectivity index (χ2n) is 13.4. The fourth-order valence-electron chi connectivity index (χ4n) is 7.62. The monoisotopic (exact) mass is 643 g/mol. The molecular weight excluding hydrogens is 593 g/mol. The van der Waals surface area contributed by atoms with E-state index in [1.165, 1.54) is 49.9 Å². The minimum absolute atomic E-state index is 0.0328. The highest BCUT2D eigenvalue weighted by Gasteiger charge is 2.40. The highest BCUT2D eigenvalue weighted by Crippen LogP contribution is 2.34. The Hall–Kier alpha value is -3.09. The highest BCUT2D eigenvalue weighted by atomic mass is 19.1. The average molecular weight is 644 g/mol. The van der Waals surface area contributed by atoms with Gasteiger partial charge in [0.15, 0.2) is 0 Å². The molecule has 1 aromatic carbocycles. The lowest BCUT2D eigenvalue weighted by molar-refractivity contribution is -0.130. The van der Waals surface area contributed by atoms with Crippen LogP contribution in [0.15, 0.2) is 24.3 Å². The number of likely N-dealkylation sites (tertiary alicyclic amines) is 2. The summed E-state index contributed by atoms with van der Waals surface area (Å²) in [5, 5.41) is 9.17. The van der Waals surface area contributed by atoms with Gasteiger partial charge in [-0.1, -0.05) is 12.8 Å². The first-order valence-corrected chi connectivity index (χ1v) is 17.1. The SMILES string of the molecule is O=C1C[C@@H]2CCN(C3CCCC3)C[C@@H]2CCNC(=O)CC2(CCN(C(=O)c3ccc(F)cc3)CC2)NC(=O)COCCOCCN1. The third-order valence-electron chi connectivity index (χ3n) is 10.2. The van der Waals surface area contributed by atoms with Gasteiger partial charge in [0, 0.05) is 57.2 Å². The number of carbonyl (C=O) groups excluding carboxylic acids is 4. The number of hydrogen-bond donors (Lipinski definition) is 3. The second-order valence-corrected chi connectivity index (χ2v) is 13.4. The van der Waals surface area contributed by atoms with E-state index in [1.54, 1.807) is 4.90 Å². The number of rotatable bonds is 2. The molecule has 0 radical (unpaired) electrons. The lowest BCUT2D eigenvalue weighted by Crippen LogP contribution is -2.58. The third kappa shape index (κ3) is 9.71. The molecule has 1 aliphatic carbocycles. The van der Waals surface area contributed by atoms with Crippen molar-refractivity contribution in [2.75, 3.05) is 65.7 Å². The number of fused-ring (bicyclic) bond motifs is 1. The molecule has 3 N–H and O–H groups in total. The summed E-state index contributed by atoms with van der Waals surface area (Å²) in [7, 11) is 0. The number of ether oxygens (including phenoxy) is 2. The summed E-state index contributed by atoms with van der Waals surface area (Å²) < 4.78 is 24.5. The van der Waals surface area contributed by atoms with Crippen LogP contribution in [-0.2, 0) is 23.9 Å². The van der Waals surface area contributed by atoms with Crippen molar-refractivity contribution < 1.29 is 33.0 Å². The Bertz CT molecular complexity index is 1180. The molecule has 4 fully saturated rings. The Kier molecular flexibility index (Phi) is 12.4. The van der Waals surface area contributed by atoms with Crippen molar-refractivity contribution in [3.05, 3.63) is 35.6 Å². The number of carbonyl (C=O) groups is 4. The van der Waals surface area contributed by atoms with Crippen LogP contribution in [0.2, 0.25) is 0 Å². The summed E-state index contributed by atoms with van der Waals surface area (Å²) in [6.45, 7) is 4.27. The average Bonchev–Trinajstić information content (AvgIpc) is 3.58. The van der Waals surface area contributed by atoms with Crippen molar-refractivity contribution in [3.8, 4) is 0 Å². The Labute approximate surface area is 271 Å². The minimum Gasteiger partial charge on any atom is -0.377 e. The van der Waals surface area contributed by atoms with Crippen LogP contribution in [0.25, 0.3) is 0 Å². The number of nitrogens with one attached hydrogen (secondary N) is 3. The van der Waals surface area contributed by atoms with E-state index in [1.807, 2.05) is 0 Å². The number of hydrogen-bond acceptors (Lipinski definition) is 7. The van der Waals surface area contributed by atoms with Crippen molar-refractivity contribution in [2.45, 2.75) is 75.8 Å². The van der Waals surface area contributed by atoms with Crippen LogP contribution in [0.5, 0.6) is 0 Å². The van der Waals surface area contributed by atoms with E-state index in [0.717, 1.165) is 25.9 Å². The number of piperidine rings is 2. The number of nitrogens with zero attached hydrogens (tertiary/aromatic N) is 2. The van der Waals surface area contributed by atoms with E-state index in [-0.39, 0.29) is 49.2 Å². The Morgan fingerprint density at radius 2 is 1.52 bits per heavy atom. The van der Waals surface area contributed by atoms with Gasteiger partial charge in [-0.15, -0.1) is 0 Å². The van der Waals surface area contributed by atoms with Crippen LogP contribution >= 0.6 is 0 Å². The van der Waals surface area contributed by atoms with E-state index < -0.39 is 11.4 Å². The molecule has 1 aromatic rings. The van der Waals surface area contributed by atoms with Crippen LogP contribution < -0.4 is 16.0 Å². The highest BCUT2D eigenvalue weighted by molar-refractivity contribution is 5.94. The van der Waals surface area contributed by atoms with Crippen LogP contribution in [0.1, 0.15) is 74.6 Å². The van der Waals surface area contributed by atoms with Crippen LogP contribution in [0, 0.1) is 17.7 Å². The van der Waals surface area contributed by atoms with Crippen molar-refractivity contribution in [1.29, 1.82) is 0 Å². The predicted octanol–water partition coefficient (Wildman–Crippen LogP) is 2.25. The first-order valence-electron chi connectivity index (χ1n) is 17.1. The Morgan fingerprint density at radius 1 is 0.804 bits per heavy atom. The Morgan fingerprint density at radius 3 is 2.28 bits per heavy atom. The number of halogens is 1. The predicted molar refractivity (Wildman–Crippen MR) is 169 cm³/mol. The van der Waals surface area contributed by atoms with Crippen LogP contribution in [0.4, 0.5) is 4.39 Å². The zero-order valence-corrected chi connectivity index (χ0v) is 26.9. The summed E-state index contributed by atoms with van der Waals surface area (Å²) in [5.41, 5.74) is -0.428. The molecule has 3 aliphatic heterocycles. The molecule has 0 bridgehead atoms. The summed E-state index contributed by atoms with van der Waals surface area (Å²) in [5.74, 6) is -0.508. The lowest BCUT2D eigenvalue weighted by atomic mass is 9.80. The maximum absolute atomic E-state index is 13.4. The molecule has 3 heterocycles. The molecular formula is C34H50FN5O6. The smallest absolute Gasteiger partial charge is 0.253 e. The Balaban J connectivity index is 1.23. The van der Waals surface area contributed by atoms with Gasteiger partial charge >= 0.3 is 0 Å². The summed E-state index contributed by atoms with van der Waals surface area (Å²) in [6.07, 6.45) is 8.14. The summed E-state index contributed by atoms with van der Waals surface area (Å²) in [4.78, 5) is 56.5. The number of amides is 4. The van der Waals surface area contributed by atoms with E-state index >= 15 is 0 Å². The number of benzene rings is 1. The van der Waals surface area contributed by atoms with E-state index in [9.17, 15) is 23.6 Å². The molecule has 46 heavy (non-hydrogen) atoms. The molecule has 254 valence electrons. The summed E-state index contributed by atoms with van der Waals surface area (Å²) in [6, 6.07) is 6.08. The van der Waals surface area contributed by atoms with Crippen molar-refractivity contribution in [2.24, 2.45) is 11.8 Å². The molecule has 0 aromatic heterocycles. The van der Waals surface area contributed by atoms with Gasteiger partial charge in [0.2, 0.25) is 17.7 Å². The fourth-order valence-corrected chi connectivity index (χ4v) is 7.62. The van der Waals surface area contributed by atoms with Gasteiger partial charge in [0.1, 0.15) is 12.4 Å². The quantitative estimate of drug-likeness (QED) is 0.451. The molecule has 1 saturated carbocycles. The largest absolute Gasteiger partial charge is 0.377 e. The zero-order chi connectivity index (χ0) is 32.4. The fraction of sp³-hybridized carbons (Fsp3) is 0.706. The van der Waals surface area contributed by atoms with Gasteiger partial charge in [-0.25, -0.2) is 4.39 Å². The molecule has 4 aliphatic rings. The van der Waals surface area contributed by atoms with Crippen molar-refractivity contribution >= 4 is 23.6 Å². The molecule has 12 heteroatoms. The van der Waals surface area contributed by atoms with Gasteiger partial charge in [-0.3, -0.25) is 19.2 Å². The normalized spacial score (nSPS) is 26.9. The van der Waals surface area contributed by atoms with Gasteiger partial charge in [-0.2, -0.15) is 0 Å². The van der Waals surface area contributed by atoms with E-state index in [4.69, 9.17) is 9.47 Å². The first-order chi connectivity index (χ1) is 22.3. The van der Waals surface area contributed by atoms with E-state index in [2.05, 4.69) is 20.9 Å². The van der Waals surface area contributed by atoms with Gasteiger partial charge in [0.25, 0.3) is 5.91 Å². The van der Waals surface area contributed by atoms with Gasteiger partial charge < -0.3 is 35.2 Å². The second kappa shape index (κ2) is 16.6. The molecule has 0 unspecified atom stereocenters. The maximum atomic E-state index is 13.4. The first kappa shape index (κ1) is 34.3. The molecule has 11 nitrogen and oxygen atoms in total. The molecule has 1 spiro atoms. The lowest BCUT2D eigenvalue weighted by Gasteiger charge is -2.42.